The van der Waals surface area contributed by atoms with Gasteiger partial charge in [0.2, 0.25) is 0 Å². The number of hydrogen-bond donors (Lipinski definition) is 1. The average molecular weight is 292 g/mol. The number of benzene rings is 1. The molecule has 1 aromatic carbocycles. The summed E-state index contributed by atoms with van der Waals surface area (Å²) in [4.78, 5) is 0. The van der Waals surface area contributed by atoms with Crippen molar-refractivity contribution in [2.45, 2.75) is 45.6 Å². The Kier molecular flexibility index (Phi) is 6.37. The molecule has 1 saturated carbocycles. The fourth-order valence-electron chi connectivity index (χ4n) is 3.23. The number of hydrogen-bond acceptors (Lipinski definition) is 2. The molecule has 1 aromatic rings. The Hall–Kier alpha value is -1.22. The van der Waals surface area contributed by atoms with Crippen LogP contribution in [0.3, 0.4) is 0 Å². The maximum absolute atomic E-state index is 5.77. The van der Waals surface area contributed by atoms with Crippen LogP contribution in [0.25, 0.3) is 0 Å². The highest BCUT2D eigenvalue weighted by molar-refractivity contribution is 5.31. The van der Waals surface area contributed by atoms with Crippen molar-refractivity contribution in [1.82, 2.24) is 0 Å². The van der Waals surface area contributed by atoms with Crippen LogP contribution in [0.2, 0.25) is 0 Å². The molecule has 0 heterocycles. The molecule has 3 nitrogen and oxygen atoms in total. The largest absolute Gasteiger partial charge is 0.497 e. The van der Waals surface area contributed by atoms with E-state index in [2.05, 4.69) is 19.2 Å². The summed E-state index contributed by atoms with van der Waals surface area (Å²) >= 11 is 0. The lowest BCUT2D eigenvalue weighted by molar-refractivity contribution is -0.699. The summed E-state index contributed by atoms with van der Waals surface area (Å²) in [5.41, 5.74) is 0. The molecule has 3 heteroatoms. The Bertz CT molecular complexity index is 404. The van der Waals surface area contributed by atoms with Gasteiger partial charge in [-0.15, -0.1) is 0 Å². The van der Waals surface area contributed by atoms with Crippen molar-refractivity contribution in [2.75, 3.05) is 20.3 Å². The van der Waals surface area contributed by atoms with Gasteiger partial charge in [-0.3, -0.25) is 0 Å². The van der Waals surface area contributed by atoms with Gasteiger partial charge >= 0.3 is 0 Å². The first kappa shape index (κ1) is 16.2. The minimum Gasteiger partial charge on any atom is -0.497 e. The average Bonchev–Trinajstić information content (AvgIpc) is 2.51. The Balaban J connectivity index is 1.61. The summed E-state index contributed by atoms with van der Waals surface area (Å²) in [6.45, 7) is 6.77. The number of quaternary nitrogens is 1. The van der Waals surface area contributed by atoms with E-state index < -0.39 is 0 Å². The van der Waals surface area contributed by atoms with E-state index in [-0.39, 0.29) is 0 Å². The molecule has 1 aliphatic rings. The summed E-state index contributed by atoms with van der Waals surface area (Å²) in [5.74, 6) is 3.53. The van der Waals surface area contributed by atoms with Crippen molar-refractivity contribution < 1.29 is 14.8 Å². The van der Waals surface area contributed by atoms with Crippen LogP contribution in [-0.2, 0) is 0 Å². The molecule has 21 heavy (non-hydrogen) atoms. The van der Waals surface area contributed by atoms with E-state index in [1.165, 1.54) is 19.3 Å². The van der Waals surface area contributed by atoms with Crippen LogP contribution in [0.1, 0.15) is 39.5 Å². The zero-order valence-electron chi connectivity index (χ0n) is 13.7. The molecular weight excluding hydrogens is 262 g/mol. The molecule has 3 atom stereocenters. The first-order chi connectivity index (χ1) is 10.2. The molecular formula is C18H30NO2+. The van der Waals surface area contributed by atoms with Gasteiger partial charge in [0.05, 0.1) is 26.3 Å². The van der Waals surface area contributed by atoms with Crippen molar-refractivity contribution in [2.24, 2.45) is 11.8 Å². The quantitative estimate of drug-likeness (QED) is 0.784. The second kappa shape index (κ2) is 8.28. The Morgan fingerprint density at radius 1 is 1.10 bits per heavy atom. The van der Waals surface area contributed by atoms with E-state index in [1.54, 1.807) is 7.11 Å². The van der Waals surface area contributed by atoms with Crippen LogP contribution in [-0.4, -0.2) is 26.3 Å². The maximum atomic E-state index is 5.77. The zero-order chi connectivity index (χ0) is 15.1. The number of rotatable bonds is 7. The van der Waals surface area contributed by atoms with Gasteiger partial charge in [-0.05, 0) is 49.4 Å². The molecule has 0 saturated heterocycles. The van der Waals surface area contributed by atoms with Gasteiger partial charge in [0.15, 0.2) is 0 Å². The topological polar surface area (TPSA) is 35.1 Å². The van der Waals surface area contributed by atoms with Crippen molar-refractivity contribution in [1.29, 1.82) is 0 Å². The summed E-state index contributed by atoms with van der Waals surface area (Å²) in [5, 5.41) is 2.54. The van der Waals surface area contributed by atoms with Gasteiger partial charge in [0.1, 0.15) is 11.5 Å². The second-order valence-electron chi connectivity index (χ2n) is 6.33. The van der Waals surface area contributed by atoms with Crippen LogP contribution in [0.4, 0.5) is 0 Å². The van der Waals surface area contributed by atoms with E-state index in [9.17, 15) is 0 Å². The smallest absolute Gasteiger partial charge is 0.119 e. The van der Waals surface area contributed by atoms with Crippen molar-refractivity contribution >= 4 is 0 Å². The van der Waals surface area contributed by atoms with Crippen molar-refractivity contribution in [3.05, 3.63) is 24.3 Å². The normalized spacial score (nSPS) is 25.6. The predicted molar refractivity (Wildman–Crippen MR) is 85.9 cm³/mol. The molecule has 0 aliphatic heterocycles. The van der Waals surface area contributed by atoms with Crippen molar-refractivity contribution in [3.63, 3.8) is 0 Å². The monoisotopic (exact) mass is 292 g/mol. The van der Waals surface area contributed by atoms with Gasteiger partial charge < -0.3 is 14.8 Å². The Morgan fingerprint density at radius 3 is 2.52 bits per heavy atom. The summed E-state index contributed by atoms with van der Waals surface area (Å²) in [7, 11) is 1.68. The van der Waals surface area contributed by atoms with Crippen molar-refractivity contribution in [3.8, 4) is 11.5 Å². The highest BCUT2D eigenvalue weighted by atomic mass is 16.5. The third-order valence-electron chi connectivity index (χ3n) is 4.92. The van der Waals surface area contributed by atoms with Crippen LogP contribution >= 0.6 is 0 Å². The number of ether oxygens (including phenoxy) is 2. The van der Waals surface area contributed by atoms with Gasteiger partial charge in [0.25, 0.3) is 0 Å². The molecule has 2 N–H and O–H groups in total. The van der Waals surface area contributed by atoms with Crippen LogP contribution in [0.5, 0.6) is 11.5 Å². The lowest BCUT2D eigenvalue weighted by Crippen LogP contribution is -2.92. The molecule has 0 aromatic heterocycles. The molecule has 0 amide bonds. The van der Waals surface area contributed by atoms with Crippen LogP contribution in [0.15, 0.2) is 24.3 Å². The Labute approximate surface area is 129 Å². The van der Waals surface area contributed by atoms with E-state index >= 15 is 0 Å². The SMILES string of the molecule is COc1ccc(OCCC[NH2+][C@H]2CCC[C@@H](C)[C@H]2C)cc1. The number of nitrogens with two attached hydrogens (primary N) is 1. The minimum absolute atomic E-state index is 0.791. The third-order valence-corrected chi connectivity index (χ3v) is 4.92. The van der Waals surface area contributed by atoms with E-state index in [0.717, 1.165) is 48.9 Å². The molecule has 0 radical (unpaired) electrons. The molecule has 0 spiro atoms. The number of methoxy groups -OCH3 is 1. The molecule has 0 unspecified atom stereocenters. The second-order valence-corrected chi connectivity index (χ2v) is 6.33. The molecule has 118 valence electrons. The molecule has 2 rings (SSSR count). The maximum Gasteiger partial charge on any atom is 0.119 e. The lowest BCUT2D eigenvalue weighted by Gasteiger charge is -2.32. The van der Waals surface area contributed by atoms with Gasteiger partial charge in [-0.25, -0.2) is 0 Å². The first-order valence-corrected chi connectivity index (χ1v) is 8.31. The van der Waals surface area contributed by atoms with Crippen LogP contribution in [0, 0.1) is 11.8 Å². The lowest BCUT2D eigenvalue weighted by atomic mass is 9.78. The Morgan fingerprint density at radius 2 is 1.81 bits per heavy atom. The van der Waals surface area contributed by atoms with Gasteiger partial charge in [-0.1, -0.05) is 13.8 Å². The highest BCUT2D eigenvalue weighted by Gasteiger charge is 2.29. The highest BCUT2D eigenvalue weighted by Crippen LogP contribution is 2.27. The standard InChI is InChI=1S/C18H29NO2/c1-14-6-4-7-18(15(14)2)19-12-5-13-21-17-10-8-16(20-3)9-11-17/h8-11,14-15,18-19H,4-7,12-13H2,1-3H3/p+1/t14-,15-,18+/m1/s1. The summed E-state index contributed by atoms with van der Waals surface area (Å²) < 4.78 is 10.9. The van der Waals surface area contributed by atoms with Gasteiger partial charge in [-0.2, -0.15) is 0 Å². The zero-order valence-corrected chi connectivity index (χ0v) is 13.7. The van der Waals surface area contributed by atoms with E-state index in [4.69, 9.17) is 9.47 Å². The van der Waals surface area contributed by atoms with Gasteiger partial charge in [0, 0.05) is 12.3 Å². The minimum atomic E-state index is 0.791. The van der Waals surface area contributed by atoms with Crippen LogP contribution < -0.4 is 14.8 Å². The fraction of sp³-hybridized carbons (Fsp3) is 0.667. The van der Waals surface area contributed by atoms with E-state index in [1.807, 2.05) is 24.3 Å². The first-order valence-electron chi connectivity index (χ1n) is 8.31. The molecule has 0 bridgehead atoms. The fourth-order valence-corrected chi connectivity index (χ4v) is 3.23. The third kappa shape index (κ3) is 4.92. The predicted octanol–water partition coefficient (Wildman–Crippen LogP) is 2.85. The summed E-state index contributed by atoms with van der Waals surface area (Å²) in [6.07, 6.45) is 5.29. The summed E-state index contributed by atoms with van der Waals surface area (Å²) in [6, 6.07) is 8.62. The van der Waals surface area contributed by atoms with E-state index in [0.29, 0.717) is 0 Å². The molecule has 1 fully saturated rings. The molecule has 1 aliphatic carbocycles.